The molecule has 0 aliphatic carbocycles. The van der Waals surface area contributed by atoms with Crippen molar-refractivity contribution < 1.29 is 9.21 Å². The summed E-state index contributed by atoms with van der Waals surface area (Å²) in [6.45, 7) is 4.56. The van der Waals surface area contributed by atoms with Crippen molar-refractivity contribution in [1.29, 1.82) is 0 Å². The molecule has 1 N–H and O–H groups in total. The van der Waals surface area contributed by atoms with Crippen molar-refractivity contribution in [3.8, 4) is 11.4 Å². The summed E-state index contributed by atoms with van der Waals surface area (Å²) in [6.07, 6.45) is 1.65. The van der Waals surface area contributed by atoms with E-state index in [0.717, 1.165) is 27.6 Å². The molecule has 0 fully saturated rings. The van der Waals surface area contributed by atoms with Crippen molar-refractivity contribution >= 4 is 29.0 Å². The Morgan fingerprint density at radius 2 is 2.03 bits per heavy atom. The highest BCUT2D eigenvalue weighted by atomic mass is 32.2. The smallest absolute Gasteiger partial charge is 0.230 e. The third-order valence-electron chi connectivity index (χ3n) is 4.81. The van der Waals surface area contributed by atoms with E-state index in [0.29, 0.717) is 11.7 Å². The van der Waals surface area contributed by atoms with Crippen molar-refractivity contribution in [3.63, 3.8) is 0 Å². The molecule has 3 aromatic heterocycles. The predicted octanol–water partition coefficient (Wildman–Crippen LogP) is 4.93. The summed E-state index contributed by atoms with van der Waals surface area (Å²) in [5.41, 5.74) is 2.04. The Balaban J connectivity index is 1.56. The topological polar surface area (TPSA) is 72.9 Å². The van der Waals surface area contributed by atoms with Crippen LogP contribution in [0.25, 0.3) is 11.4 Å². The second kappa shape index (κ2) is 9.32. The number of rotatable bonds is 8. The highest BCUT2D eigenvalue weighted by molar-refractivity contribution is 7.99. The van der Waals surface area contributed by atoms with E-state index in [2.05, 4.69) is 39.1 Å². The van der Waals surface area contributed by atoms with Gasteiger partial charge in [-0.2, -0.15) is 0 Å². The molecule has 1 atom stereocenters. The number of amides is 1. The first-order valence-electron chi connectivity index (χ1n) is 9.59. The van der Waals surface area contributed by atoms with Crippen molar-refractivity contribution in [2.45, 2.75) is 31.6 Å². The van der Waals surface area contributed by atoms with Gasteiger partial charge in [-0.15, -0.1) is 21.5 Å². The van der Waals surface area contributed by atoms with E-state index in [4.69, 9.17) is 4.42 Å². The summed E-state index contributed by atoms with van der Waals surface area (Å²) in [7, 11) is 0. The summed E-state index contributed by atoms with van der Waals surface area (Å²) in [4.78, 5) is 13.5. The first-order chi connectivity index (χ1) is 14.6. The lowest BCUT2D eigenvalue weighted by Crippen LogP contribution is -2.24. The quantitative estimate of drug-likeness (QED) is 0.395. The standard InChI is InChI=1S/C22H22N4O2S2/c1-15(17-7-4-3-5-8-17)26-21(19-10-11-28-16(19)2)24-25-22(26)30-14-20(27)23-13-18-9-6-12-29-18/h3-12,15H,13-14H2,1-2H3,(H,23,27). The van der Waals surface area contributed by atoms with Gasteiger partial charge in [0.25, 0.3) is 0 Å². The molecule has 6 nitrogen and oxygen atoms in total. The first kappa shape index (κ1) is 20.4. The maximum absolute atomic E-state index is 12.4. The Kier molecular flexibility index (Phi) is 6.35. The molecular weight excluding hydrogens is 416 g/mol. The summed E-state index contributed by atoms with van der Waals surface area (Å²) >= 11 is 3.02. The van der Waals surface area contributed by atoms with Crippen LogP contribution in [-0.4, -0.2) is 26.4 Å². The van der Waals surface area contributed by atoms with Crippen LogP contribution in [0.4, 0.5) is 0 Å². The number of hydrogen-bond acceptors (Lipinski definition) is 6. The number of nitrogens with one attached hydrogen (secondary N) is 1. The summed E-state index contributed by atoms with van der Waals surface area (Å²) in [6, 6.07) is 16.1. The lowest BCUT2D eigenvalue weighted by Gasteiger charge is -2.18. The molecule has 30 heavy (non-hydrogen) atoms. The average molecular weight is 439 g/mol. The van der Waals surface area contributed by atoms with E-state index in [-0.39, 0.29) is 17.7 Å². The zero-order valence-corrected chi connectivity index (χ0v) is 18.4. The number of benzene rings is 1. The molecule has 3 heterocycles. The minimum absolute atomic E-state index is 0.00202. The molecule has 1 aromatic carbocycles. The highest BCUT2D eigenvalue weighted by Crippen LogP contribution is 2.32. The second-order valence-electron chi connectivity index (χ2n) is 6.80. The molecule has 0 radical (unpaired) electrons. The maximum atomic E-state index is 12.4. The average Bonchev–Trinajstić information content (AvgIpc) is 3.51. The van der Waals surface area contributed by atoms with Crippen LogP contribution in [0.5, 0.6) is 0 Å². The van der Waals surface area contributed by atoms with E-state index in [9.17, 15) is 4.79 Å². The molecule has 8 heteroatoms. The Morgan fingerprint density at radius 3 is 2.73 bits per heavy atom. The molecule has 4 aromatic rings. The molecule has 0 saturated heterocycles. The van der Waals surface area contributed by atoms with Crippen molar-refractivity contribution in [1.82, 2.24) is 20.1 Å². The Labute approximate surface area is 183 Å². The number of carbonyl (C=O) groups excluding carboxylic acids is 1. The van der Waals surface area contributed by atoms with Gasteiger partial charge in [0.2, 0.25) is 5.91 Å². The Bertz CT molecular complexity index is 1100. The van der Waals surface area contributed by atoms with Gasteiger partial charge in [0, 0.05) is 4.88 Å². The predicted molar refractivity (Wildman–Crippen MR) is 120 cm³/mol. The monoisotopic (exact) mass is 438 g/mol. The van der Waals surface area contributed by atoms with Gasteiger partial charge < -0.3 is 9.73 Å². The normalized spacial score (nSPS) is 12.1. The second-order valence-corrected chi connectivity index (χ2v) is 8.77. The molecule has 4 rings (SSSR count). The van der Waals surface area contributed by atoms with Gasteiger partial charge in [-0.3, -0.25) is 9.36 Å². The molecule has 154 valence electrons. The third kappa shape index (κ3) is 4.49. The van der Waals surface area contributed by atoms with E-state index in [1.54, 1.807) is 17.6 Å². The van der Waals surface area contributed by atoms with Gasteiger partial charge in [-0.05, 0) is 36.9 Å². The van der Waals surface area contributed by atoms with E-state index in [1.807, 2.05) is 48.7 Å². The van der Waals surface area contributed by atoms with Crippen molar-refractivity contribution in [2.75, 3.05) is 5.75 Å². The number of thioether (sulfide) groups is 1. The fraction of sp³-hybridized carbons (Fsp3) is 0.227. The number of aryl methyl sites for hydroxylation is 1. The number of hydrogen-bond donors (Lipinski definition) is 1. The lowest BCUT2D eigenvalue weighted by molar-refractivity contribution is -0.118. The SMILES string of the molecule is Cc1occc1-c1nnc(SCC(=O)NCc2cccs2)n1C(C)c1ccccc1. The maximum Gasteiger partial charge on any atom is 0.230 e. The fourth-order valence-electron chi connectivity index (χ4n) is 3.19. The summed E-state index contributed by atoms with van der Waals surface area (Å²) < 4.78 is 7.56. The van der Waals surface area contributed by atoms with Gasteiger partial charge in [0.1, 0.15) is 5.76 Å². The van der Waals surface area contributed by atoms with Crippen LogP contribution in [0.15, 0.2) is 69.7 Å². The van der Waals surface area contributed by atoms with Crippen molar-refractivity contribution in [2.24, 2.45) is 0 Å². The largest absolute Gasteiger partial charge is 0.469 e. The highest BCUT2D eigenvalue weighted by Gasteiger charge is 2.23. The molecule has 0 bridgehead atoms. The molecule has 1 amide bonds. The Morgan fingerprint density at radius 1 is 1.20 bits per heavy atom. The molecule has 0 saturated carbocycles. The number of aromatic nitrogens is 3. The minimum Gasteiger partial charge on any atom is -0.469 e. The van der Waals surface area contributed by atoms with Gasteiger partial charge in [-0.25, -0.2) is 0 Å². The van der Waals surface area contributed by atoms with E-state index < -0.39 is 0 Å². The molecule has 0 aliphatic rings. The Hall–Kier alpha value is -2.84. The van der Waals surface area contributed by atoms with E-state index in [1.165, 1.54) is 11.8 Å². The number of furan rings is 1. The molecule has 0 spiro atoms. The van der Waals surface area contributed by atoms with Gasteiger partial charge in [-0.1, -0.05) is 48.2 Å². The summed E-state index contributed by atoms with van der Waals surface area (Å²) in [5, 5.41) is 14.5. The number of thiophene rings is 1. The first-order valence-corrected chi connectivity index (χ1v) is 11.5. The zero-order chi connectivity index (χ0) is 20.9. The van der Waals surface area contributed by atoms with Crippen molar-refractivity contribution in [3.05, 3.63) is 76.4 Å². The fourth-order valence-corrected chi connectivity index (χ4v) is 4.67. The van der Waals surface area contributed by atoms with Crippen LogP contribution in [0.3, 0.4) is 0 Å². The molecule has 0 aliphatic heterocycles. The number of carbonyl (C=O) groups is 1. The van der Waals surface area contributed by atoms with Gasteiger partial charge in [0.15, 0.2) is 11.0 Å². The van der Waals surface area contributed by atoms with Crippen LogP contribution >= 0.6 is 23.1 Å². The molecule has 1 unspecified atom stereocenters. The van der Waals surface area contributed by atoms with E-state index >= 15 is 0 Å². The minimum atomic E-state index is -0.0312. The van der Waals surface area contributed by atoms with Crippen LogP contribution in [0.2, 0.25) is 0 Å². The summed E-state index contributed by atoms with van der Waals surface area (Å²) in [5.74, 6) is 1.76. The van der Waals surface area contributed by atoms with Crippen LogP contribution in [0.1, 0.15) is 29.2 Å². The van der Waals surface area contributed by atoms with Crippen LogP contribution in [-0.2, 0) is 11.3 Å². The molecular formula is C22H22N4O2S2. The number of nitrogens with zero attached hydrogens (tertiary/aromatic N) is 3. The zero-order valence-electron chi connectivity index (χ0n) is 16.7. The van der Waals surface area contributed by atoms with Crippen LogP contribution in [0, 0.1) is 6.92 Å². The van der Waals surface area contributed by atoms with Gasteiger partial charge in [0.05, 0.1) is 30.2 Å². The van der Waals surface area contributed by atoms with Gasteiger partial charge >= 0.3 is 0 Å². The third-order valence-corrected chi connectivity index (χ3v) is 6.63. The lowest BCUT2D eigenvalue weighted by atomic mass is 10.1. The van der Waals surface area contributed by atoms with Crippen LogP contribution < -0.4 is 5.32 Å².